The molecule has 0 fully saturated rings. The van der Waals surface area contributed by atoms with Gasteiger partial charge in [0.1, 0.15) is 0 Å². The second-order valence-corrected chi connectivity index (χ2v) is 17.7. The molecule has 0 aliphatic carbocycles. The van der Waals surface area contributed by atoms with Gasteiger partial charge in [0.15, 0.2) is 0 Å². The molecule has 0 aliphatic rings. The SMILES string of the molecule is Cc1ccc(C)c(S(=O)(=O)[O][Bi]([O]S(=O)(=O)c2cc(C)ccc2C)[c]2ccccc2)c1. The fraction of sp³-hybridized carbons (Fsp3) is 0.182. The summed E-state index contributed by atoms with van der Waals surface area (Å²) in [6.07, 6.45) is 0. The Kier molecular flexibility index (Phi) is 7.33. The fourth-order valence-electron chi connectivity index (χ4n) is 2.86. The van der Waals surface area contributed by atoms with E-state index in [1.165, 1.54) is 12.1 Å². The Morgan fingerprint density at radius 1 is 0.613 bits per heavy atom. The van der Waals surface area contributed by atoms with E-state index in [1.807, 2.05) is 0 Å². The molecule has 0 aliphatic heterocycles. The summed E-state index contributed by atoms with van der Waals surface area (Å²) in [5.74, 6) is 0. The monoisotopic (exact) mass is 656 g/mol. The summed E-state index contributed by atoms with van der Waals surface area (Å²) in [7, 11) is -8.47. The Bertz CT molecular complexity index is 1220. The molecule has 3 aromatic carbocycles. The molecule has 0 saturated heterocycles. The molecule has 0 heterocycles. The van der Waals surface area contributed by atoms with Gasteiger partial charge in [-0.25, -0.2) is 0 Å². The van der Waals surface area contributed by atoms with Crippen molar-refractivity contribution in [2.24, 2.45) is 0 Å². The zero-order valence-electron chi connectivity index (χ0n) is 17.6. The molecule has 0 unspecified atom stereocenters. The van der Waals surface area contributed by atoms with Gasteiger partial charge in [0, 0.05) is 0 Å². The zero-order chi connectivity index (χ0) is 22.8. The second-order valence-electron chi connectivity index (χ2n) is 7.19. The van der Waals surface area contributed by atoms with Crippen LogP contribution in [-0.2, 0) is 24.8 Å². The van der Waals surface area contributed by atoms with Gasteiger partial charge in [0.05, 0.1) is 0 Å². The van der Waals surface area contributed by atoms with Crippen molar-refractivity contribution in [2.75, 3.05) is 0 Å². The number of rotatable bonds is 7. The molecule has 0 saturated carbocycles. The van der Waals surface area contributed by atoms with E-state index in [9.17, 15) is 16.8 Å². The number of hydrogen-bond acceptors (Lipinski definition) is 6. The van der Waals surface area contributed by atoms with Gasteiger partial charge in [-0.15, -0.1) is 0 Å². The van der Waals surface area contributed by atoms with Crippen LogP contribution < -0.4 is 3.27 Å². The first-order valence-corrected chi connectivity index (χ1v) is 16.8. The average molecular weight is 657 g/mol. The molecule has 0 radical (unpaired) electrons. The van der Waals surface area contributed by atoms with Crippen molar-refractivity contribution in [3.63, 3.8) is 0 Å². The summed E-state index contributed by atoms with van der Waals surface area (Å²) < 4.78 is 63.9. The van der Waals surface area contributed by atoms with Gasteiger partial charge in [-0.05, 0) is 0 Å². The number of aryl methyl sites for hydroxylation is 4. The van der Waals surface area contributed by atoms with E-state index in [4.69, 9.17) is 4.52 Å². The van der Waals surface area contributed by atoms with Crippen LogP contribution in [0, 0.1) is 27.7 Å². The normalized spacial score (nSPS) is 12.3. The third-order valence-electron chi connectivity index (χ3n) is 4.52. The summed E-state index contributed by atoms with van der Waals surface area (Å²) >= 11 is -4.24. The van der Waals surface area contributed by atoms with Gasteiger partial charge >= 0.3 is 194 Å². The van der Waals surface area contributed by atoms with Gasteiger partial charge in [-0.1, -0.05) is 0 Å². The molecule has 0 spiro atoms. The molecular formula is C22H23BiO6S2. The van der Waals surface area contributed by atoms with Crippen molar-refractivity contribution in [2.45, 2.75) is 37.5 Å². The Hall–Kier alpha value is -1.64. The topological polar surface area (TPSA) is 86.7 Å². The summed E-state index contributed by atoms with van der Waals surface area (Å²) in [6, 6.07) is 18.4. The number of hydrogen-bond donors (Lipinski definition) is 0. The van der Waals surface area contributed by atoms with Crippen LogP contribution in [0.2, 0.25) is 0 Å². The number of benzene rings is 3. The predicted molar refractivity (Wildman–Crippen MR) is 120 cm³/mol. The first kappa shape index (κ1) is 24.0. The molecule has 164 valence electrons. The van der Waals surface area contributed by atoms with Crippen LogP contribution in [0.4, 0.5) is 0 Å². The molecule has 0 amide bonds. The average Bonchev–Trinajstić information content (AvgIpc) is 2.71. The second kappa shape index (κ2) is 9.47. The van der Waals surface area contributed by atoms with Crippen molar-refractivity contribution in [3.8, 4) is 0 Å². The van der Waals surface area contributed by atoms with Crippen molar-refractivity contribution in [1.82, 2.24) is 0 Å². The van der Waals surface area contributed by atoms with Crippen molar-refractivity contribution in [3.05, 3.63) is 89.0 Å². The summed E-state index contributed by atoms with van der Waals surface area (Å²) in [6.45, 7) is 6.88. The molecule has 0 N–H and O–H groups in total. The van der Waals surface area contributed by atoms with E-state index in [0.29, 0.717) is 14.4 Å². The standard InChI is InChI=1S/2C8H10O3S.C6H5.Bi/c2*1-6-3-4-7(2)8(5-6)12(9,10)11;1-2-4-6-5-3-1;/h2*3-5H,1-2H3,(H,9,10,11);1-5H;/q;;;+2/p-2. The Morgan fingerprint density at radius 2 is 1.03 bits per heavy atom. The van der Waals surface area contributed by atoms with Crippen LogP contribution in [-0.4, -0.2) is 39.5 Å². The maximum atomic E-state index is 13.1. The van der Waals surface area contributed by atoms with Gasteiger partial charge in [0.25, 0.3) is 0 Å². The Labute approximate surface area is 193 Å². The molecule has 3 rings (SSSR count). The summed E-state index contributed by atoms with van der Waals surface area (Å²) in [4.78, 5) is 0.0207. The van der Waals surface area contributed by atoms with Crippen molar-refractivity contribution >= 4 is 46.1 Å². The molecule has 3 aromatic rings. The van der Waals surface area contributed by atoms with E-state index in [1.54, 1.807) is 82.3 Å². The van der Waals surface area contributed by atoms with Crippen LogP contribution in [0.25, 0.3) is 0 Å². The van der Waals surface area contributed by atoms with Crippen molar-refractivity contribution < 1.29 is 21.4 Å². The summed E-state index contributed by atoms with van der Waals surface area (Å²) in [5.41, 5.74) is 2.53. The van der Waals surface area contributed by atoms with Crippen LogP contribution >= 0.6 is 0 Å². The minimum absolute atomic E-state index is 0.0103. The van der Waals surface area contributed by atoms with Gasteiger partial charge in [-0.2, -0.15) is 0 Å². The van der Waals surface area contributed by atoms with Crippen LogP contribution in [0.1, 0.15) is 22.3 Å². The third-order valence-corrected chi connectivity index (χ3v) is 17.7. The quantitative estimate of drug-likeness (QED) is 0.363. The zero-order valence-corrected chi connectivity index (χ0v) is 22.7. The molecule has 6 nitrogen and oxygen atoms in total. The van der Waals surface area contributed by atoms with Gasteiger partial charge < -0.3 is 0 Å². The van der Waals surface area contributed by atoms with Crippen LogP contribution in [0.3, 0.4) is 0 Å². The summed E-state index contributed by atoms with van der Waals surface area (Å²) in [5, 5.41) is 0. The molecule has 0 aromatic heterocycles. The van der Waals surface area contributed by atoms with Gasteiger partial charge in [-0.3, -0.25) is 0 Å². The van der Waals surface area contributed by atoms with Crippen LogP contribution in [0.5, 0.6) is 0 Å². The fourth-order valence-corrected chi connectivity index (χ4v) is 15.8. The molecule has 31 heavy (non-hydrogen) atoms. The third kappa shape index (κ3) is 5.79. The minimum atomic E-state index is -4.24. The molecule has 0 bridgehead atoms. The predicted octanol–water partition coefficient (Wildman–Crippen LogP) is 3.43. The van der Waals surface area contributed by atoms with Crippen molar-refractivity contribution in [1.29, 1.82) is 0 Å². The van der Waals surface area contributed by atoms with E-state index in [2.05, 4.69) is 0 Å². The van der Waals surface area contributed by atoms with E-state index in [0.717, 1.165) is 11.1 Å². The van der Waals surface area contributed by atoms with E-state index >= 15 is 0 Å². The van der Waals surface area contributed by atoms with E-state index in [-0.39, 0.29) is 9.79 Å². The maximum absolute atomic E-state index is 13.1. The van der Waals surface area contributed by atoms with Crippen LogP contribution in [0.15, 0.2) is 76.5 Å². The first-order valence-electron chi connectivity index (χ1n) is 9.38. The Morgan fingerprint density at radius 3 is 1.45 bits per heavy atom. The van der Waals surface area contributed by atoms with Gasteiger partial charge in [0.2, 0.25) is 0 Å². The van der Waals surface area contributed by atoms with E-state index < -0.39 is 42.9 Å². The Balaban J connectivity index is 2.04. The molecule has 9 heteroatoms. The first-order chi connectivity index (χ1) is 14.5. The molecular weight excluding hydrogens is 633 g/mol. The molecule has 0 atom stereocenters.